The first-order chi connectivity index (χ1) is 14.0. The van der Waals surface area contributed by atoms with Gasteiger partial charge in [-0.3, -0.25) is 4.79 Å². The molecule has 0 saturated heterocycles. The molecule has 1 atom stereocenters. The molecule has 0 aromatic heterocycles. The van der Waals surface area contributed by atoms with Crippen molar-refractivity contribution >= 4 is 17.6 Å². The molecule has 0 fully saturated rings. The predicted octanol–water partition coefficient (Wildman–Crippen LogP) is 2.52. The third-order valence-corrected chi connectivity index (χ3v) is 3.74. The summed E-state index contributed by atoms with van der Waals surface area (Å²) in [6, 6.07) is 14.8. The van der Waals surface area contributed by atoms with Crippen molar-refractivity contribution in [1.82, 2.24) is 10.6 Å². The molecule has 1 amide bonds. The van der Waals surface area contributed by atoms with Gasteiger partial charge in [-0.1, -0.05) is 30.3 Å². The van der Waals surface area contributed by atoms with Gasteiger partial charge in [0.15, 0.2) is 5.96 Å². The highest BCUT2D eigenvalue weighted by molar-refractivity contribution is 5.94. The van der Waals surface area contributed by atoms with Crippen molar-refractivity contribution in [3.8, 4) is 5.75 Å². The van der Waals surface area contributed by atoms with E-state index in [0.29, 0.717) is 23.8 Å². The molecular formula is C20H24F2N4O3. The molecule has 7 nitrogen and oxygen atoms in total. The SMILES string of the molecule is CCNC(=NCC(=O)Nc1ccccc1)NCC(O)c1ccc(OC(F)F)cc1. The van der Waals surface area contributed by atoms with Gasteiger partial charge in [-0.05, 0) is 36.8 Å². The lowest BCUT2D eigenvalue weighted by Gasteiger charge is -2.16. The molecule has 0 saturated carbocycles. The topological polar surface area (TPSA) is 95.0 Å². The lowest BCUT2D eigenvalue weighted by Crippen LogP contribution is -2.40. The zero-order valence-corrected chi connectivity index (χ0v) is 15.9. The maximum atomic E-state index is 12.2. The van der Waals surface area contributed by atoms with Crippen molar-refractivity contribution in [1.29, 1.82) is 0 Å². The van der Waals surface area contributed by atoms with E-state index in [-0.39, 0.29) is 24.7 Å². The molecule has 0 heterocycles. The van der Waals surface area contributed by atoms with Crippen molar-refractivity contribution in [2.75, 3.05) is 25.0 Å². The third-order valence-electron chi connectivity index (χ3n) is 3.74. The van der Waals surface area contributed by atoms with Crippen LogP contribution in [0.25, 0.3) is 0 Å². The number of amides is 1. The van der Waals surface area contributed by atoms with Crippen LogP contribution in [0.1, 0.15) is 18.6 Å². The van der Waals surface area contributed by atoms with E-state index in [2.05, 4.69) is 25.7 Å². The summed E-state index contributed by atoms with van der Waals surface area (Å²) < 4.78 is 28.6. The van der Waals surface area contributed by atoms with Gasteiger partial charge >= 0.3 is 6.61 Å². The largest absolute Gasteiger partial charge is 0.435 e. The number of hydrogen-bond acceptors (Lipinski definition) is 4. The predicted molar refractivity (Wildman–Crippen MR) is 107 cm³/mol. The van der Waals surface area contributed by atoms with Gasteiger partial charge in [0, 0.05) is 18.8 Å². The lowest BCUT2D eigenvalue weighted by molar-refractivity contribution is -0.114. The molecule has 0 spiro atoms. The first-order valence-electron chi connectivity index (χ1n) is 9.08. The second-order valence-electron chi connectivity index (χ2n) is 5.95. The van der Waals surface area contributed by atoms with E-state index < -0.39 is 12.7 Å². The van der Waals surface area contributed by atoms with Crippen LogP contribution in [-0.4, -0.2) is 43.2 Å². The van der Waals surface area contributed by atoms with Gasteiger partial charge in [-0.2, -0.15) is 8.78 Å². The Morgan fingerprint density at radius 2 is 1.79 bits per heavy atom. The minimum Gasteiger partial charge on any atom is -0.435 e. The number of rotatable bonds is 9. The highest BCUT2D eigenvalue weighted by Crippen LogP contribution is 2.18. The number of alkyl halides is 2. The second-order valence-corrected chi connectivity index (χ2v) is 5.95. The number of nitrogens with zero attached hydrogens (tertiary/aromatic N) is 1. The minimum absolute atomic E-state index is 0.0169. The van der Waals surface area contributed by atoms with Crippen LogP contribution in [0.4, 0.5) is 14.5 Å². The zero-order valence-electron chi connectivity index (χ0n) is 15.9. The fourth-order valence-corrected chi connectivity index (χ4v) is 2.40. The molecular weight excluding hydrogens is 382 g/mol. The van der Waals surface area contributed by atoms with Crippen molar-refractivity contribution in [2.45, 2.75) is 19.6 Å². The molecule has 2 aromatic rings. The van der Waals surface area contributed by atoms with Gasteiger partial charge in [0.1, 0.15) is 12.3 Å². The second kappa shape index (κ2) is 11.6. The monoisotopic (exact) mass is 406 g/mol. The van der Waals surface area contributed by atoms with Gasteiger partial charge in [0.05, 0.1) is 6.10 Å². The molecule has 29 heavy (non-hydrogen) atoms. The van der Waals surface area contributed by atoms with Crippen LogP contribution in [-0.2, 0) is 4.79 Å². The molecule has 0 aliphatic carbocycles. The average molecular weight is 406 g/mol. The number of carbonyl (C=O) groups excluding carboxylic acids is 1. The Labute approximate surface area is 167 Å². The normalized spacial score (nSPS) is 12.4. The van der Waals surface area contributed by atoms with Crippen LogP contribution in [0.3, 0.4) is 0 Å². The molecule has 0 aliphatic rings. The van der Waals surface area contributed by atoms with Gasteiger partial charge in [-0.15, -0.1) is 0 Å². The number of nitrogens with one attached hydrogen (secondary N) is 3. The van der Waals surface area contributed by atoms with Crippen LogP contribution in [0.15, 0.2) is 59.6 Å². The number of aliphatic hydroxyl groups is 1. The van der Waals surface area contributed by atoms with Crippen LogP contribution in [0.2, 0.25) is 0 Å². The van der Waals surface area contributed by atoms with E-state index in [1.165, 1.54) is 24.3 Å². The number of hydrogen-bond donors (Lipinski definition) is 4. The Bertz CT molecular complexity index is 786. The molecule has 1 unspecified atom stereocenters. The molecule has 2 aromatic carbocycles. The number of anilines is 1. The minimum atomic E-state index is -2.90. The van der Waals surface area contributed by atoms with Crippen molar-refractivity contribution < 1.29 is 23.4 Å². The quantitative estimate of drug-likeness (QED) is 0.379. The first kappa shape index (κ1) is 22.1. The number of ether oxygens (including phenoxy) is 1. The Hall–Kier alpha value is -3.20. The van der Waals surface area contributed by atoms with Crippen molar-refractivity contribution in [3.63, 3.8) is 0 Å². The fourth-order valence-electron chi connectivity index (χ4n) is 2.40. The Morgan fingerprint density at radius 1 is 1.10 bits per heavy atom. The number of benzene rings is 2. The summed E-state index contributed by atoms with van der Waals surface area (Å²) in [5.41, 5.74) is 1.21. The molecule has 9 heteroatoms. The number of para-hydroxylation sites is 1. The van der Waals surface area contributed by atoms with E-state index in [1.807, 2.05) is 25.1 Å². The molecule has 0 aliphatic heterocycles. The van der Waals surface area contributed by atoms with Gasteiger partial charge < -0.3 is 25.8 Å². The van der Waals surface area contributed by atoms with Crippen molar-refractivity contribution in [2.24, 2.45) is 4.99 Å². The summed E-state index contributed by atoms with van der Waals surface area (Å²) in [5, 5.41) is 18.9. The van der Waals surface area contributed by atoms with Gasteiger partial charge in [-0.25, -0.2) is 4.99 Å². The van der Waals surface area contributed by atoms with Crippen LogP contribution in [0, 0.1) is 0 Å². The van der Waals surface area contributed by atoms with Crippen LogP contribution < -0.4 is 20.7 Å². The highest BCUT2D eigenvalue weighted by Gasteiger charge is 2.10. The van der Waals surface area contributed by atoms with E-state index in [9.17, 15) is 18.7 Å². The molecule has 4 N–H and O–H groups in total. The molecule has 156 valence electrons. The van der Waals surface area contributed by atoms with Crippen LogP contribution >= 0.6 is 0 Å². The average Bonchev–Trinajstić information content (AvgIpc) is 2.70. The first-order valence-corrected chi connectivity index (χ1v) is 9.08. The Kier molecular flexibility index (Phi) is 8.84. The van der Waals surface area contributed by atoms with Crippen LogP contribution in [0.5, 0.6) is 5.75 Å². The third kappa shape index (κ3) is 8.14. The zero-order chi connectivity index (χ0) is 21.1. The summed E-state index contributed by atoms with van der Waals surface area (Å²) in [5.74, 6) is 0.110. The maximum absolute atomic E-state index is 12.2. The molecule has 0 bridgehead atoms. The standard InChI is InChI=1S/C20H24F2N4O3/c1-2-23-20(25-13-18(28)26-15-6-4-3-5-7-15)24-12-17(27)14-8-10-16(11-9-14)29-19(21)22/h3-11,17,19,27H,2,12-13H2,1H3,(H,26,28)(H2,23,24,25). The molecule has 0 radical (unpaired) electrons. The number of aliphatic imine (C=N–C) groups is 1. The molecule has 2 rings (SSSR count). The summed E-state index contributed by atoms with van der Waals surface area (Å²) in [6.45, 7) is -0.437. The highest BCUT2D eigenvalue weighted by atomic mass is 19.3. The van der Waals surface area contributed by atoms with E-state index in [4.69, 9.17) is 0 Å². The Morgan fingerprint density at radius 3 is 2.41 bits per heavy atom. The number of carbonyl (C=O) groups is 1. The smallest absolute Gasteiger partial charge is 0.387 e. The number of halogens is 2. The summed E-state index contributed by atoms with van der Waals surface area (Å²) in [6.07, 6.45) is -0.905. The number of aliphatic hydroxyl groups excluding tert-OH is 1. The van der Waals surface area contributed by atoms with Gasteiger partial charge in [0.25, 0.3) is 0 Å². The summed E-state index contributed by atoms with van der Waals surface area (Å²) in [4.78, 5) is 16.2. The van der Waals surface area contributed by atoms with E-state index >= 15 is 0 Å². The summed E-state index contributed by atoms with van der Waals surface area (Å²) >= 11 is 0. The van der Waals surface area contributed by atoms with Crippen molar-refractivity contribution in [3.05, 3.63) is 60.2 Å². The fraction of sp³-hybridized carbons (Fsp3) is 0.300. The number of guanidine groups is 1. The van der Waals surface area contributed by atoms with E-state index in [1.54, 1.807) is 12.1 Å². The Balaban J connectivity index is 1.87. The maximum Gasteiger partial charge on any atom is 0.387 e. The van der Waals surface area contributed by atoms with Gasteiger partial charge in [0.2, 0.25) is 5.91 Å². The van der Waals surface area contributed by atoms with E-state index in [0.717, 1.165) is 0 Å². The summed E-state index contributed by atoms with van der Waals surface area (Å²) in [7, 11) is 0. The lowest BCUT2D eigenvalue weighted by atomic mass is 10.1.